The Bertz CT molecular complexity index is 639. The summed E-state index contributed by atoms with van der Waals surface area (Å²) in [5.41, 5.74) is 2.15. The zero-order chi connectivity index (χ0) is 16.8. The number of thiazole rings is 2. The highest BCUT2D eigenvalue weighted by molar-refractivity contribution is 7.13. The largest absolute Gasteiger partial charge is 0.356 e. The summed E-state index contributed by atoms with van der Waals surface area (Å²) >= 11 is 3.41. The van der Waals surface area contributed by atoms with Gasteiger partial charge in [-0.15, -0.1) is 22.7 Å². The molecule has 0 fully saturated rings. The van der Waals surface area contributed by atoms with Gasteiger partial charge in [0.15, 0.2) is 11.1 Å². The molecule has 0 amide bonds. The lowest BCUT2D eigenvalue weighted by molar-refractivity contribution is 0.782. The topological polar surface area (TPSA) is 65.4 Å². The second-order valence-corrected chi connectivity index (χ2v) is 7.49. The Morgan fingerprint density at radius 2 is 2.04 bits per heavy atom. The van der Waals surface area contributed by atoms with Crippen molar-refractivity contribution < 1.29 is 0 Å². The predicted octanol–water partition coefficient (Wildman–Crippen LogP) is 2.19. The van der Waals surface area contributed by atoms with Crippen molar-refractivity contribution >= 4 is 33.8 Å². The molecule has 2 rings (SSSR count). The minimum absolute atomic E-state index is 0.666. The molecule has 0 aliphatic rings. The van der Waals surface area contributed by atoms with Crippen molar-refractivity contribution in [1.29, 1.82) is 0 Å². The summed E-state index contributed by atoms with van der Waals surface area (Å²) in [5.74, 6) is 0.786. The van der Waals surface area contributed by atoms with Crippen LogP contribution in [-0.2, 0) is 13.0 Å². The molecular formula is C15H24N6S2. The number of aryl methyl sites for hydroxylation is 2. The first-order chi connectivity index (χ1) is 11.0. The first-order valence-corrected chi connectivity index (χ1v) is 9.18. The zero-order valence-corrected chi connectivity index (χ0v) is 15.9. The van der Waals surface area contributed by atoms with Crippen molar-refractivity contribution in [1.82, 2.24) is 20.6 Å². The maximum atomic E-state index is 4.55. The van der Waals surface area contributed by atoms with Gasteiger partial charge >= 0.3 is 0 Å². The summed E-state index contributed by atoms with van der Waals surface area (Å²) in [5, 5.41) is 10.8. The molecule has 0 spiro atoms. The molecule has 2 heterocycles. The normalized spacial score (nSPS) is 11.6. The third-order valence-electron chi connectivity index (χ3n) is 3.29. The average Bonchev–Trinajstić information content (AvgIpc) is 3.10. The number of rotatable bonds is 6. The van der Waals surface area contributed by atoms with Crippen molar-refractivity contribution in [2.24, 2.45) is 4.99 Å². The molecule has 0 aromatic carbocycles. The lowest BCUT2D eigenvalue weighted by Crippen LogP contribution is -2.37. The van der Waals surface area contributed by atoms with Crippen LogP contribution in [0.1, 0.15) is 21.3 Å². The van der Waals surface area contributed by atoms with Gasteiger partial charge in [0.1, 0.15) is 0 Å². The Labute approximate surface area is 145 Å². The highest BCUT2D eigenvalue weighted by Gasteiger charge is 2.06. The minimum Gasteiger partial charge on any atom is -0.356 e. The van der Waals surface area contributed by atoms with Gasteiger partial charge in [0.05, 0.1) is 22.9 Å². The molecule has 0 bridgehead atoms. The molecule has 2 aromatic heterocycles. The van der Waals surface area contributed by atoms with Gasteiger partial charge in [-0.05, 0) is 13.8 Å². The molecule has 6 nitrogen and oxygen atoms in total. The van der Waals surface area contributed by atoms with Gasteiger partial charge < -0.3 is 15.5 Å². The van der Waals surface area contributed by atoms with Crippen LogP contribution in [0.25, 0.3) is 0 Å². The molecule has 2 aromatic rings. The Hall–Kier alpha value is -1.67. The van der Waals surface area contributed by atoms with Gasteiger partial charge in [0.2, 0.25) is 0 Å². The van der Waals surface area contributed by atoms with E-state index >= 15 is 0 Å². The van der Waals surface area contributed by atoms with Gasteiger partial charge in [0, 0.05) is 44.4 Å². The third kappa shape index (κ3) is 5.18. The van der Waals surface area contributed by atoms with Crippen LogP contribution < -0.4 is 15.5 Å². The van der Waals surface area contributed by atoms with E-state index in [-0.39, 0.29) is 0 Å². The Morgan fingerprint density at radius 3 is 2.61 bits per heavy atom. The SMILES string of the molecule is CN=C(NCCc1nc(C)c(C)s1)NCc1csc(N(C)C)n1. The fraction of sp³-hybridized carbons (Fsp3) is 0.533. The Morgan fingerprint density at radius 1 is 1.26 bits per heavy atom. The minimum atomic E-state index is 0.666. The standard InChI is InChI=1S/C15H24N6S2/c1-10-11(2)23-13(19-10)6-7-17-14(16-3)18-8-12-9-22-15(20-12)21(4)5/h9H,6-8H2,1-5H3,(H2,16,17,18). The Balaban J connectivity index is 1.76. The van der Waals surface area contributed by atoms with Crippen molar-refractivity contribution in [3.8, 4) is 0 Å². The van der Waals surface area contributed by atoms with Crippen molar-refractivity contribution in [2.45, 2.75) is 26.8 Å². The number of nitrogens with one attached hydrogen (secondary N) is 2. The van der Waals surface area contributed by atoms with Gasteiger partial charge in [-0.25, -0.2) is 9.97 Å². The number of anilines is 1. The van der Waals surface area contributed by atoms with E-state index in [0.717, 1.165) is 40.5 Å². The number of aliphatic imine (C=N–C) groups is 1. The molecule has 0 saturated heterocycles. The van der Waals surface area contributed by atoms with Crippen molar-refractivity contribution in [3.63, 3.8) is 0 Å². The maximum Gasteiger partial charge on any atom is 0.191 e. The number of nitrogens with zero attached hydrogens (tertiary/aromatic N) is 4. The van der Waals surface area contributed by atoms with Gasteiger partial charge in [-0.1, -0.05) is 0 Å². The number of aromatic nitrogens is 2. The smallest absolute Gasteiger partial charge is 0.191 e. The fourth-order valence-electron chi connectivity index (χ4n) is 1.91. The van der Waals surface area contributed by atoms with E-state index < -0.39 is 0 Å². The van der Waals surface area contributed by atoms with Crippen LogP contribution in [-0.4, -0.2) is 43.6 Å². The van der Waals surface area contributed by atoms with Crippen LogP contribution in [0.5, 0.6) is 0 Å². The molecule has 0 unspecified atom stereocenters. The highest BCUT2D eigenvalue weighted by Crippen LogP contribution is 2.18. The number of hydrogen-bond acceptors (Lipinski definition) is 6. The van der Waals surface area contributed by atoms with Gasteiger partial charge in [-0.3, -0.25) is 4.99 Å². The molecule has 8 heteroatoms. The molecule has 0 saturated carbocycles. The van der Waals surface area contributed by atoms with Crippen LogP contribution in [0.4, 0.5) is 5.13 Å². The van der Waals surface area contributed by atoms with Gasteiger partial charge in [-0.2, -0.15) is 0 Å². The zero-order valence-electron chi connectivity index (χ0n) is 14.3. The van der Waals surface area contributed by atoms with E-state index in [1.165, 1.54) is 4.88 Å². The van der Waals surface area contributed by atoms with Crippen LogP contribution >= 0.6 is 22.7 Å². The summed E-state index contributed by atoms with van der Waals surface area (Å²) in [6.45, 7) is 5.64. The molecule has 23 heavy (non-hydrogen) atoms. The van der Waals surface area contributed by atoms with E-state index in [9.17, 15) is 0 Å². The third-order valence-corrected chi connectivity index (χ3v) is 5.48. The lowest BCUT2D eigenvalue weighted by atomic mass is 10.4. The second-order valence-electron chi connectivity index (χ2n) is 5.37. The summed E-state index contributed by atoms with van der Waals surface area (Å²) in [6.07, 6.45) is 0.904. The van der Waals surface area contributed by atoms with Crippen LogP contribution in [0.15, 0.2) is 10.4 Å². The van der Waals surface area contributed by atoms with Gasteiger partial charge in [0.25, 0.3) is 0 Å². The molecule has 0 radical (unpaired) electrons. The first-order valence-electron chi connectivity index (χ1n) is 7.48. The average molecular weight is 353 g/mol. The molecular weight excluding hydrogens is 328 g/mol. The van der Waals surface area contributed by atoms with Crippen molar-refractivity contribution in [2.75, 3.05) is 32.6 Å². The molecule has 0 aliphatic heterocycles. The number of hydrogen-bond donors (Lipinski definition) is 2. The van der Waals surface area contributed by atoms with Crippen LogP contribution in [0.2, 0.25) is 0 Å². The van der Waals surface area contributed by atoms with Crippen LogP contribution in [0, 0.1) is 13.8 Å². The summed E-state index contributed by atoms with van der Waals surface area (Å²) in [4.78, 5) is 16.6. The highest BCUT2D eigenvalue weighted by atomic mass is 32.1. The van der Waals surface area contributed by atoms with E-state index in [1.807, 2.05) is 19.0 Å². The van der Waals surface area contributed by atoms with E-state index in [0.29, 0.717) is 6.54 Å². The molecule has 0 aliphatic carbocycles. The predicted molar refractivity (Wildman–Crippen MR) is 99.9 cm³/mol. The maximum absolute atomic E-state index is 4.55. The molecule has 126 valence electrons. The number of guanidine groups is 1. The van der Waals surface area contributed by atoms with Crippen LogP contribution in [0.3, 0.4) is 0 Å². The van der Waals surface area contributed by atoms with E-state index in [1.54, 1.807) is 29.7 Å². The fourth-order valence-corrected chi connectivity index (χ4v) is 3.60. The van der Waals surface area contributed by atoms with E-state index in [2.05, 4.69) is 44.8 Å². The van der Waals surface area contributed by atoms with Crippen molar-refractivity contribution in [3.05, 3.63) is 26.7 Å². The first kappa shape index (κ1) is 17.7. The lowest BCUT2D eigenvalue weighted by Gasteiger charge is -2.10. The molecule has 2 N–H and O–H groups in total. The molecule has 0 atom stereocenters. The monoisotopic (exact) mass is 352 g/mol. The summed E-state index contributed by atoms with van der Waals surface area (Å²) in [7, 11) is 5.77. The van der Waals surface area contributed by atoms with E-state index in [4.69, 9.17) is 0 Å². The summed E-state index contributed by atoms with van der Waals surface area (Å²) in [6, 6.07) is 0. The Kier molecular flexibility index (Phi) is 6.35. The second kappa shape index (κ2) is 8.26. The summed E-state index contributed by atoms with van der Waals surface area (Å²) < 4.78 is 0. The quantitative estimate of drug-likeness (QED) is 0.616.